The van der Waals surface area contributed by atoms with Crippen molar-refractivity contribution in [3.05, 3.63) is 75.9 Å². The largest absolute Gasteiger partial charge is 0.497 e. The van der Waals surface area contributed by atoms with Crippen LogP contribution in [0.2, 0.25) is 0 Å². The highest BCUT2D eigenvalue weighted by molar-refractivity contribution is 5.68. The van der Waals surface area contributed by atoms with Crippen LogP contribution in [0.4, 0.5) is 0 Å². The Hall–Kier alpha value is -4.09. The van der Waals surface area contributed by atoms with E-state index in [0.717, 1.165) is 22.3 Å². The molecule has 0 aliphatic carbocycles. The first-order valence-electron chi connectivity index (χ1n) is 12.0. The molecule has 2 aromatic rings. The third-order valence-corrected chi connectivity index (χ3v) is 6.82. The number of nitrogens with two attached hydrogens (primary N) is 1. The van der Waals surface area contributed by atoms with Gasteiger partial charge in [-0.3, -0.25) is 4.90 Å². The van der Waals surface area contributed by atoms with Crippen LogP contribution in [0.5, 0.6) is 23.0 Å². The standard InChI is InChI=1S/C29H33N3O5/c1-17(2)32-15-19(11-18-7-8-20(33-3)12-25(18)35-5)28-24(16-32)27(23(14-30)29(31)37-28)22-10-9-21(34-4)13-26(22)36-6/h7-13,17,27H,15-16,31H2,1-6H3/b19-11+. The molecule has 0 bridgehead atoms. The fourth-order valence-corrected chi connectivity index (χ4v) is 4.80. The number of methoxy groups -OCH3 is 4. The molecule has 2 aliphatic rings. The first-order chi connectivity index (χ1) is 17.8. The molecule has 1 atom stereocenters. The van der Waals surface area contributed by atoms with E-state index in [4.69, 9.17) is 29.4 Å². The van der Waals surface area contributed by atoms with Crippen molar-refractivity contribution in [2.24, 2.45) is 5.73 Å². The van der Waals surface area contributed by atoms with Gasteiger partial charge in [0.05, 0.1) is 34.4 Å². The Morgan fingerprint density at radius 1 is 0.973 bits per heavy atom. The molecule has 2 heterocycles. The third kappa shape index (κ3) is 4.95. The Kier molecular flexibility index (Phi) is 7.65. The summed E-state index contributed by atoms with van der Waals surface area (Å²) >= 11 is 0. The van der Waals surface area contributed by atoms with Crippen molar-refractivity contribution < 1.29 is 23.7 Å². The molecule has 2 aliphatic heterocycles. The summed E-state index contributed by atoms with van der Waals surface area (Å²) in [6.07, 6.45) is 2.05. The molecule has 2 N–H and O–H groups in total. The summed E-state index contributed by atoms with van der Waals surface area (Å²) in [6.45, 7) is 5.56. The van der Waals surface area contributed by atoms with Crippen LogP contribution >= 0.6 is 0 Å². The highest BCUT2D eigenvalue weighted by Crippen LogP contribution is 2.47. The summed E-state index contributed by atoms with van der Waals surface area (Å²) in [5, 5.41) is 10.1. The molecule has 0 radical (unpaired) electrons. The normalized spacial score (nSPS) is 18.9. The highest BCUT2D eigenvalue weighted by Gasteiger charge is 2.39. The molecule has 0 saturated heterocycles. The molecule has 0 fully saturated rings. The molecule has 0 aromatic heterocycles. The maximum Gasteiger partial charge on any atom is 0.205 e. The van der Waals surface area contributed by atoms with E-state index in [1.807, 2.05) is 36.4 Å². The van der Waals surface area contributed by atoms with E-state index in [2.05, 4.69) is 30.9 Å². The van der Waals surface area contributed by atoms with Gasteiger partial charge in [-0.05, 0) is 43.7 Å². The first kappa shape index (κ1) is 26.0. The molecule has 1 unspecified atom stereocenters. The molecule has 8 heteroatoms. The minimum Gasteiger partial charge on any atom is -0.497 e. The van der Waals surface area contributed by atoms with Crippen LogP contribution in [0, 0.1) is 11.3 Å². The second-order valence-electron chi connectivity index (χ2n) is 9.16. The zero-order chi connectivity index (χ0) is 26.7. The molecule has 37 heavy (non-hydrogen) atoms. The molecule has 0 amide bonds. The van der Waals surface area contributed by atoms with E-state index >= 15 is 0 Å². The Labute approximate surface area is 218 Å². The zero-order valence-electron chi connectivity index (χ0n) is 22.1. The van der Waals surface area contributed by atoms with Gasteiger partial charge in [0.15, 0.2) is 0 Å². The van der Waals surface area contributed by atoms with Crippen molar-refractivity contribution in [3.63, 3.8) is 0 Å². The SMILES string of the molecule is COc1ccc(/C=C2\CN(C(C)C)CC3=C2OC(N)=C(C#N)C3c2ccc(OC)cc2OC)c(OC)c1. The van der Waals surface area contributed by atoms with Crippen molar-refractivity contribution in [1.82, 2.24) is 4.90 Å². The maximum atomic E-state index is 10.1. The van der Waals surface area contributed by atoms with Gasteiger partial charge in [0.2, 0.25) is 5.88 Å². The van der Waals surface area contributed by atoms with Gasteiger partial charge in [0.25, 0.3) is 0 Å². The van der Waals surface area contributed by atoms with Gasteiger partial charge in [-0.25, -0.2) is 0 Å². The van der Waals surface area contributed by atoms with Crippen molar-refractivity contribution in [3.8, 4) is 29.1 Å². The number of ether oxygens (including phenoxy) is 5. The third-order valence-electron chi connectivity index (χ3n) is 6.82. The Balaban J connectivity index is 1.93. The zero-order valence-corrected chi connectivity index (χ0v) is 22.1. The van der Waals surface area contributed by atoms with Crippen molar-refractivity contribution in [1.29, 1.82) is 5.26 Å². The number of hydrogen-bond donors (Lipinski definition) is 1. The van der Waals surface area contributed by atoms with Gasteiger partial charge >= 0.3 is 0 Å². The highest BCUT2D eigenvalue weighted by atomic mass is 16.5. The Morgan fingerprint density at radius 2 is 1.62 bits per heavy atom. The lowest BCUT2D eigenvalue weighted by Crippen LogP contribution is -2.41. The monoisotopic (exact) mass is 503 g/mol. The number of hydrogen-bond acceptors (Lipinski definition) is 8. The summed E-state index contributed by atoms with van der Waals surface area (Å²) in [7, 11) is 6.46. The Bertz CT molecular complexity index is 1320. The van der Waals surface area contributed by atoms with Crippen LogP contribution < -0.4 is 24.7 Å². The predicted molar refractivity (Wildman–Crippen MR) is 141 cm³/mol. The number of allylic oxidation sites excluding steroid dienone is 1. The van der Waals surface area contributed by atoms with E-state index in [-0.39, 0.29) is 11.9 Å². The van der Waals surface area contributed by atoms with Crippen molar-refractivity contribution in [2.75, 3.05) is 41.5 Å². The summed E-state index contributed by atoms with van der Waals surface area (Å²) in [5.74, 6) is 3.00. The molecule has 2 aromatic carbocycles. The smallest absolute Gasteiger partial charge is 0.205 e. The molecule has 194 valence electrons. The lowest BCUT2D eigenvalue weighted by Gasteiger charge is -2.40. The average molecular weight is 504 g/mol. The van der Waals surface area contributed by atoms with E-state index in [1.165, 1.54) is 0 Å². The maximum absolute atomic E-state index is 10.1. The molecule has 4 rings (SSSR count). The van der Waals surface area contributed by atoms with Gasteiger partial charge in [-0.2, -0.15) is 5.26 Å². The van der Waals surface area contributed by atoms with Crippen molar-refractivity contribution in [2.45, 2.75) is 25.8 Å². The predicted octanol–water partition coefficient (Wildman–Crippen LogP) is 4.59. The summed E-state index contributed by atoms with van der Waals surface area (Å²) in [6, 6.07) is 13.8. The summed E-state index contributed by atoms with van der Waals surface area (Å²) in [4.78, 5) is 2.34. The Morgan fingerprint density at radius 3 is 2.22 bits per heavy atom. The fourth-order valence-electron chi connectivity index (χ4n) is 4.80. The van der Waals surface area contributed by atoms with E-state index in [9.17, 15) is 5.26 Å². The number of benzene rings is 2. The lowest BCUT2D eigenvalue weighted by atomic mass is 9.79. The van der Waals surface area contributed by atoms with Crippen LogP contribution in [-0.2, 0) is 4.74 Å². The topological polar surface area (TPSA) is 99.2 Å². The van der Waals surface area contributed by atoms with Crippen LogP contribution in [0.15, 0.2) is 64.8 Å². The average Bonchev–Trinajstić information content (AvgIpc) is 2.92. The molecule has 0 saturated carbocycles. The van der Waals surface area contributed by atoms with Gasteiger partial charge in [-0.1, -0.05) is 6.07 Å². The minimum atomic E-state index is -0.433. The molecule has 8 nitrogen and oxygen atoms in total. The number of nitrogens with zero attached hydrogens (tertiary/aromatic N) is 2. The van der Waals surface area contributed by atoms with Gasteiger partial charge in [0.1, 0.15) is 40.4 Å². The van der Waals surface area contributed by atoms with Crippen LogP contribution in [0.25, 0.3) is 6.08 Å². The number of nitriles is 1. The summed E-state index contributed by atoms with van der Waals surface area (Å²) in [5.41, 5.74) is 10.3. The first-order valence-corrected chi connectivity index (χ1v) is 12.0. The van der Waals surface area contributed by atoms with Crippen LogP contribution in [-0.4, -0.2) is 52.5 Å². The van der Waals surface area contributed by atoms with Crippen LogP contribution in [0.1, 0.15) is 30.9 Å². The molecular formula is C29H33N3O5. The molecular weight excluding hydrogens is 470 g/mol. The quantitative estimate of drug-likeness (QED) is 0.586. The lowest BCUT2D eigenvalue weighted by molar-refractivity contribution is 0.207. The van der Waals surface area contributed by atoms with Gasteiger partial charge in [-0.15, -0.1) is 0 Å². The second kappa shape index (κ2) is 10.9. The summed E-state index contributed by atoms with van der Waals surface area (Å²) < 4.78 is 28.3. The van der Waals surface area contributed by atoms with Gasteiger partial charge in [0, 0.05) is 48.0 Å². The molecule has 0 spiro atoms. The number of rotatable bonds is 7. The van der Waals surface area contributed by atoms with E-state index < -0.39 is 5.92 Å². The van der Waals surface area contributed by atoms with E-state index in [1.54, 1.807) is 28.4 Å². The van der Waals surface area contributed by atoms with E-state index in [0.29, 0.717) is 47.4 Å². The van der Waals surface area contributed by atoms with Crippen LogP contribution in [0.3, 0.4) is 0 Å². The second-order valence-corrected chi connectivity index (χ2v) is 9.16. The van der Waals surface area contributed by atoms with Crippen molar-refractivity contribution >= 4 is 6.08 Å². The van der Waals surface area contributed by atoms with Gasteiger partial charge < -0.3 is 29.4 Å². The minimum absolute atomic E-state index is 0.0923. The fraction of sp³-hybridized carbons (Fsp3) is 0.345.